The minimum atomic E-state index is -0.433. The molecule has 0 radical (unpaired) electrons. The summed E-state index contributed by atoms with van der Waals surface area (Å²) in [7, 11) is 0. The van der Waals surface area contributed by atoms with Gasteiger partial charge >= 0.3 is 0 Å². The Bertz CT molecular complexity index is 366. The second-order valence-electron chi connectivity index (χ2n) is 7.04. The molecule has 3 nitrogen and oxygen atoms in total. The summed E-state index contributed by atoms with van der Waals surface area (Å²) in [5.74, 6) is 0.201. The molecular weight excluding hydrogens is 348 g/mol. The van der Waals surface area contributed by atoms with Gasteiger partial charge in [-0.25, -0.2) is 0 Å². The summed E-state index contributed by atoms with van der Waals surface area (Å²) >= 11 is 5.84. The maximum atomic E-state index is 6.51. The number of rotatable bonds is 7. The van der Waals surface area contributed by atoms with Crippen molar-refractivity contribution in [2.75, 3.05) is 25.4 Å². The van der Waals surface area contributed by atoms with Crippen molar-refractivity contribution in [3.05, 3.63) is 0 Å². The molecule has 0 aromatic rings. The highest BCUT2D eigenvalue weighted by atomic mass is 32.3. The quantitative estimate of drug-likeness (QED) is 0.587. The van der Waals surface area contributed by atoms with Crippen molar-refractivity contribution in [1.29, 1.82) is 0 Å². The Morgan fingerprint density at radius 2 is 1.70 bits per heavy atom. The highest BCUT2D eigenvalue weighted by Crippen LogP contribution is 2.49. The fourth-order valence-corrected chi connectivity index (χ4v) is 6.42. The number of hydrogen-bond acceptors (Lipinski definition) is 6. The van der Waals surface area contributed by atoms with Gasteiger partial charge in [-0.1, -0.05) is 6.92 Å². The molecule has 0 aliphatic carbocycles. The molecule has 2 aliphatic rings. The standard InChI is InChI=1S/C17H32O3S3/c1-12-7-8-13(9-14-11-18-16(2,3)20-14)19-15(12)10-17(21-4,22-5)23-6/h12-15H,7-11H2,1-6H3/t12-,13+,14?,15-/m1/s1. The lowest BCUT2D eigenvalue weighted by Crippen LogP contribution is -2.39. The van der Waals surface area contributed by atoms with E-state index >= 15 is 0 Å². The summed E-state index contributed by atoms with van der Waals surface area (Å²) < 4.78 is 18.4. The molecule has 2 fully saturated rings. The maximum absolute atomic E-state index is 6.51. The third kappa shape index (κ3) is 5.45. The summed E-state index contributed by atoms with van der Waals surface area (Å²) in [6.45, 7) is 7.01. The first-order chi connectivity index (χ1) is 10.8. The van der Waals surface area contributed by atoms with E-state index in [-0.39, 0.29) is 9.52 Å². The van der Waals surface area contributed by atoms with Gasteiger partial charge in [0.2, 0.25) is 0 Å². The van der Waals surface area contributed by atoms with E-state index < -0.39 is 5.79 Å². The largest absolute Gasteiger partial charge is 0.374 e. The van der Waals surface area contributed by atoms with Crippen LogP contribution in [0.15, 0.2) is 0 Å². The van der Waals surface area contributed by atoms with Crippen LogP contribution in [0.1, 0.15) is 46.5 Å². The van der Waals surface area contributed by atoms with E-state index in [0.29, 0.717) is 24.7 Å². The minimum absolute atomic E-state index is 0.176. The van der Waals surface area contributed by atoms with Crippen LogP contribution in [0.5, 0.6) is 0 Å². The predicted octanol–water partition coefficient (Wildman–Crippen LogP) is 4.84. The molecule has 4 atom stereocenters. The third-order valence-electron chi connectivity index (χ3n) is 4.92. The van der Waals surface area contributed by atoms with Crippen LogP contribution in [0.2, 0.25) is 0 Å². The van der Waals surface area contributed by atoms with Gasteiger partial charge in [-0.15, -0.1) is 35.3 Å². The van der Waals surface area contributed by atoms with Gasteiger partial charge < -0.3 is 14.2 Å². The zero-order chi connectivity index (χ0) is 17.1. The lowest BCUT2D eigenvalue weighted by atomic mass is 9.90. The number of ether oxygens (including phenoxy) is 3. The molecule has 23 heavy (non-hydrogen) atoms. The lowest BCUT2D eigenvalue weighted by molar-refractivity contribution is -0.149. The van der Waals surface area contributed by atoms with Gasteiger partial charge in [0.1, 0.15) is 3.41 Å². The van der Waals surface area contributed by atoms with Crippen LogP contribution in [0, 0.1) is 5.92 Å². The normalized spacial score (nSPS) is 34.7. The van der Waals surface area contributed by atoms with E-state index in [9.17, 15) is 0 Å². The average Bonchev–Trinajstić information content (AvgIpc) is 2.87. The van der Waals surface area contributed by atoms with E-state index in [1.54, 1.807) is 0 Å². The van der Waals surface area contributed by atoms with Crippen molar-refractivity contribution in [2.45, 2.75) is 74.0 Å². The Kier molecular flexibility index (Phi) is 7.52. The van der Waals surface area contributed by atoms with Crippen molar-refractivity contribution in [2.24, 2.45) is 5.92 Å². The molecular formula is C17H32O3S3. The van der Waals surface area contributed by atoms with Gasteiger partial charge in [0.15, 0.2) is 5.79 Å². The Hall–Kier alpha value is 0.930. The van der Waals surface area contributed by atoms with Crippen LogP contribution < -0.4 is 0 Å². The average molecular weight is 381 g/mol. The minimum Gasteiger partial charge on any atom is -0.374 e. The van der Waals surface area contributed by atoms with E-state index in [1.807, 2.05) is 49.1 Å². The third-order valence-corrected chi connectivity index (χ3v) is 10.3. The lowest BCUT2D eigenvalue weighted by Gasteiger charge is -2.40. The van der Waals surface area contributed by atoms with Gasteiger partial charge in [0.25, 0.3) is 0 Å². The number of hydrogen-bond donors (Lipinski definition) is 0. The molecule has 0 bridgehead atoms. The summed E-state index contributed by atoms with van der Waals surface area (Å²) in [5, 5.41) is 0. The Morgan fingerprint density at radius 3 is 2.22 bits per heavy atom. The highest BCUT2D eigenvalue weighted by Gasteiger charge is 2.39. The maximum Gasteiger partial charge on any atom is 0.163 e. The van der Waals surface area contributed by atoms with Crippen molar-refractivity contribution < 1.29 is 14.2 Å². The topological polar surface area (TPSA) is 27.7 Å². The van der Waals surface area contributed by atoms with E-state index in [4.69, 9.17) is 14.2 Å². The highest BCUT2D eigenvalue weighted by molar-refractivity contribution is 8.33. The molecule has 0 N–H and O–H groups in total. The summed E-state index contributed by atoms with van der Waals surface area (Å²) in [5.41, 5.74) is 0. The van der Waals surface area contributed by atoms with E-state index in [1.165, 1.54) is 6.42 Å². The van der Waals surface area contributed by atoms with Gasteiger partial charge in [0, 0.05) is 12.8 Å². The van der Waals surface area contributed by atoms with Crippen LogP contribution >= 0.6 is 35.3 Å². The van der Waals surface area contributed by atoms with Gasteiger partial charge in [0.05, 0.1) is 24.9 Å². The van der Waals surface area contributed by atoms with Crippen molar-refractivity contribution in [1.82, 2.24) is 0 Å². The predicted molar refractivity (Wildman–Crippen MR) is 104 cm³/mol. The molecule has 6 heteroatoms. The first-order valence-electron chi connectivity index (χ1n) is 8.45. The molecule has 2 aliphatic heterocycles. The Labute approximate surface area is 154 Å². The molecule has 0 spiro atoms. The zero-order valence-corrected chi connectivity index (χ0v) is 17.7. The molecule has 0 aromatic carbocycles. The van der Waals surface area contributed by atoms with Crippen molar-refractivity contribution in [3.63, 3.8) is 0 Å². The second-order valence-corrected chi connectivity index (χ2v) is 11.1. The van der Waals surface area contributed by atoms with E-state index in [0.717, 1.165) is 19.3 Å². The molecule has 0 amide bonds. The molecule has 1 unspecified atom stereocenters. The van der Waals surface area contributed by atoms with Gasteiger partial charge in [-0.2, -0.15) is 0 Å². The SMILES string of the molecule is CSC(C[C@H]1O[C@H](CC2COC(C)(C)O2)CC[C@H]1C)(SC)SC. The summed E-state index contributed by atoms with van der Waals surface area (Å²) in [6.07, 6.45) is 11.9. The molecule has 2 rings (SSSR count). The fourth-order valence-electron chi connectivity index (χ4n) is 3.43. The smallest absolute Gasteiger partial charge is 0.163 e. The van der Waals surface area contributed by atoms with Crippen LogP contribution in [0.3, 0.4) is 0 Å². The van der Waals surface area contributed by atoms with Crippen molar-refractivity contribution in [3.8, 4) is 0 Å². The fraction of sp³-hybridized carbons (Fsp3) is 1.00. The van der Waals surface area contributed by atoms with Crippen LogP contribution in [0.4, 0.5) is 0 Å². The number of thioether (sulfide) groups is 3. The van der Waals surface area contributed by atoms with Gasteiger partial charge in [-0.05, 0) is 51.4 Å². The zero-order valence-electron chi connectivity index (χ0n) is 15.3. The van der Waals surface area contributed by atoms with Crippen LogP contribution in [0.25, 0.3) is 0 Å². The second kappa shape index (κ2) is 8.54. The van der Waals surface area contributed by atoms with Crippen molar-refractivity contribution >= 4 is 35.3 Å². The Balaban J connectivity index is 1.91. The van der Waals surface area contributed by atoms with Gasteiger partial charge in [-0.3, -0.25) is 0 Å². The molecule has 2 saturated heterocycles. The molecule has 136 valence electrons. The summed E-state index contributed by atoms with van der Waals surface area (Å²) in [4.78, 5) is 0. The van der Waals surface area contributed by atoms with Crippen LogP contribution in [-0.4, -0.2) is 52.9 Å². The first-order valence-corrected chi connectivity index (χ1v) is 12.1. The Morgan fingerprint density at radius 1 is 1.04 bits per heavy atom. The van der Waals surface area contributed by atoms with E-state index in [2.05, 4.69) is 25.7 Å². The first kappa shape index (κ1) is 20.2. The molecule has 2 heterocycles. The monoisotopic (exact) mass is 380 g/mol. The summed E-state index contributed by atoms with van der Waals surface area (Å²) in [6, 6.07) is 0. The molecule has 0 saturated carbocycles. The molecule has 0 aromatic heterocycles. The van der Waals surface area contributed by atoms with Crippen LogP contribution in [-0.2, 0) is 14.2 Å².